The second-order valence-corrected chi connectivity index (χ2v) is 8.15. The van der Waals surface area contributed by atoms with Crippen LogP contribution < -0.4 is 5.30 Å². The van der Waals surface area contributed by atoms with Crippen LogP contribution in [0.4, 0.5) is 0 Å². The van der Waals surface area contributed by atoms with Gasteiger partial charge in [-0.25, -0.2) is 9.78 Å². The molecule has 3 rings (SSSR count). The highest BCUT2D eigenvalue weighted by Gasteiger charge is 2.21. The molecule has 1 atom stereocenters. The fourth-order valence-electron chi connectivity index (χ4n) is 2.58. The van der Waals surface area contributed by atoms with Crippen molar-refractivity contribution in [2.45, 2.75) is 6.42 Å². The molecule has 2 aromatic carbocycles. The van der Waals surface area contributed by atoms with Crippen LogP contribution in [0.15, 0.2) is 48.5 Å². The number of aliphatic hydroxyl groups is 1. The zero-order valence-corrected chi connectivity index (χ0v) is 14.9. The maximum Gasteiger partial charge on any atom is 0.338 e. The minimum atomic E-state index is -3.45. The summed E-state index contributed by atoms with van der Waals surface area (Å²) in [6.07, 6.45) is 0.379. The molecule has 0 bridgehead atoms. The van der Waals surface area contributed by atoms with Crippen LogP contribution in [0.5, 0.6) is 0 Å². The topological polar surface area (TPSA) is 113 Å². The second-order valence-electron chi connectivity index (χ2n) is 5.79. The maximum atomic E-state index is 12.5. The van der Waals surface area contributed by atoms with Gasteiger partial charge in [0.2, 0.25) is 7.37 Å². The highest BCUT2D eigenvalue weighted by molar-refractivity contribution is 7.66. The number of esters is 1. The summed E-state index contributed by atoms with van der Waals surface area (Å²) >= 11 is 0. The van der Waals surface area contributed by atoms with Crippen molar-refractivity contribution in [3.63, 3.8) is 0 Å². The van der Waals surface area contributed by atoms with E-state index in [-0.39, 0.29) is 19.4 Å². The van der Waals surface area contributed by atoms with Crippen LogP contribution >= 0.6 is 7.37 Å². The van der Waals surface area contributed by atoms with Crippen molar-refractivity contribution in [1.82, 2.24) is 9.97 Å². The first-order valence-corrected chi connectivity index (χ1v) is 9.98. The molecular weight excluding hydrogens is 355 g/mol. The zero-order valence-electron chi connectivity index (χ0n) is 14.0. The van der Waals surface area contributed by atoms with Gasteiger partial charge in [-0.2, -0.15) is 0 Å². The molecule has 136 valence electrons. The van der Waals surface area contributed by atoms with Crippen LogP contribution in [0.1, 0.15) is 16.2 Å². The molecule has 0 spiro atoms. The van der Waals surface area contributed by atoms with E-state index in [9.17, 15) is 14.3 Å². The molecule has 0 saturated carbocycles. The van der Waals surface area contributed by atoms with E-state index in [4.69, 9.17) is 9.84 Å². The van der Waals surface area contributed by atoms with Crippen molar-refractivity contribution in [1.29, 1.82) is 0 Å². The Morgan fingerprint density at radius 3 is 2.69 bits per heavy atom. The van der Waals surface area contributed by atoms with E-state index in [2.05, 4.69) is 9.97 Å². The number of fused-ring (bicyclic) bond motifs is 1. The molecule has 3 N–H and O–H groups in total. The van der Waals surface area contributed by atoms with Crippen molar-refractivity contribution in [3.8, 4) is 0 Å². The Hall–Kier alpha value is -2.47. The number of rotatable bonds is 7. The smallest absolute Gasteiger partial charge is 0.338 e. The number of H-pyrrole nitrogens is 1. The minimum absolute atomic E-state index is 0.0592. The average Bonchev–Trinajstić information content (AvgIpc) is 3.07. The van der Waals surface area contributed by atoms with Gasteiger partial charge in [0.25, 0.3) is 0 Å². The van der Waals surface area contributed by atoms with Crippen LogP contribution in [-0.4, -0.2) is 45.3 Å². The van der Waals surface area contributed by atoms with Crippen LogP contribution in [-0.2, 0) is 15.7 Å². The fourth-order valence-corrected chi connectivity index (χ4v) is 3.99. The molecule has 1 heterocycles. The van der Waals surface area contributed by atoms with E-state index in [1.807, 2.05) is 0 Å². The first kappa shape index (κ1) is 18.3. The molecular formula is C18H19N2O5P. The number of nitrogens with one attached hydrogen (secondary N) is 1. The molecule has 0 fully saturated rings. The quantitative estimate of drug-likeness (QED) is 0.430. The number of aromatic amines is 1. The monoisotopic (exact) mass is 374 g/mol. The Morgan fingerprint density at radius 2 is 1.96 bits per heavy atom. The predicted molar refractivity (Wildman–Crippen MR) is 97.9 cm³/mol. The van der Waals surface area contributed by atoms with Gasteiger partial charge in [-0.1, -0.05) is 18.2 Å². The lowest BCUT2D eigenvalue weighted by Crippen LogP contribution is -2.08. The normalized spacial score (nSPS) is 13.5. The fraction of sp³-hybridized carbons (Fsp3) is 0.222. The van der Waals surface area contributed by atoms with Crippen LogP contribution in [0.3, 0.4) is 0 Å². The van der Waals surface area contributed by atoms with E-state index in [0.717, 1.165) is 0 Å². The van der Waals surface area contributed by atoms with Gasteiger partial charge in [0.1, 0.15) is 12.4 Å². The van der Waals surface area contributed by atoms with Gasteiger partial charge in [0.05, 0.1) is 23.2 Å². The largest absolute Gasteiger partial charge is 0.460 e. The van der Waals surface area contributed by atoms with Crippen molar-refractivity contribution < 1.29 is 24.1 Å². The number of ether oxygens (including phenoxy) is 1. The molecule has 0 saturated heterocycles. The van der Waals surface area contributed by atoms with Gasteiger partial charge in [0.15, 0.2) is 0 Å². The third-order valence-corrected chi connectivity index (χ3v) is 5.84. The molecule has 7 nitrogen and oxygen atoms in total. The first-order valence-electron chi connectivity index (χ1n) is 8.14. The van der Waals surface area contributed by atoms with E-state index in [0.29, 0.717) is 34.1 Å². The number of hydrogen-bond donors (Lipinski definition) is 3. The van der Waals surface area contributed by atoms with Gasteiger partial charge >= 0.3 is 5.97 Å². The van der Waals surface area contributed by atoms with Gasteiger partial charge in [0, 0.05) is 17.9 Å². The third-order valence-electron chi connectivity index (χ3n) is 3.90. The Morgan fingerprint density at radius 1 is 1.19 bits per heavy atom. The maximum absolute atomic E-state index is 12.5. The van der Waals surface area contributed by atoms with Crippen molar-refractivity contribution in [2.24, 2.45) is 0 Å². The van der Waals surface area contributed by atoms with Crippen LogP contribution in [0.25, 0.3) is 11.0 Å². The Labute approximate surface area is 150 Å². The number of carbonyl (C=O) groups is 1. The van der Waals surface area contributed by atoms with E-state index < -0.39 is 13.3 Å². The molecule has 3 aromatic rings. The van der Waals surface area contributed by atoms with Crippen LogP contribution in [0, 0.1) is 0 Å². The molecule has 1 aromatic heterocycles. The Bertz CT molecular complexity index is 955. The molecule has 1 unspecified atom stereocenters. The molecule has 0 radical (unpaired) electrons. The summed E-state index contributed by atoms with van der Waals surface area (Å²) in [5.74, 6) is 0.0483. The predicted octanol–water partition coefficient (Wildman–Crippen LogP) is 1.85. The standard InChI is InChI=1S/C18H19N2O5P/c21-9-10-25-18(22)13-6-7-15-16(12-13)20-17(19-15)8-11-26(23,24)14-4-2-1-3-5-14/h1-7,12,21H,8-11H2,(H,19,20)(H,23,24). The molecule has 26 heavy (non-hydrogen) atoms. The van der Waals surface area contributed by atoms with E-state index >= 15 is 0 Å². The summed E-state index contributed by atoms with van der Waals surface area (Å²) in [7, 11) is -3.45. The van der Waals surface area contributed by atoms with Crippen molar-refractivity contribution >= 4 is 29.7 Å². The average molecular weight is 374 g/mol. The number of benzene rings is 2. The highest BCUT2D eigenvalue weighted by atomic mass is 31.2. The number of aryl methyl sites for hydroxylation is 1. The molecule has 0 amide bonds. The lowest BCUT2D eigenvalue weighted by Gasteiger charge is -2.10. The Kier molecular flexibility index (Phi) is 5.52. The second kappa shape index (κ2) is 7.83. The number of imidazole rings is 1. The third kappa shape index (κ3) is 4.19. The van der Waals surface area contributed by atoms with Gasteiger partial charge in [-0.05, 0) is 30.3 Å². The minimum Gasteiger partial charge on any atom is -0.460 e. The summed E-state index contributed by atoms with van der Waals surface area (Å²) in [6, 6.07) is 13.4. The number of carbonyl (C=O) groups excluding carboxylic acids is 1. The number of aliphatic hydroxyl groups excluding tert-OH is 1. The lowest BCUT2D eigenvalue weighted by molar-refractivity contribution is 0.0434. The highest BCUT2D eigenvalue weighted by Crippen LogP contribution is 2.39. The number of nitrogens with zero attached hydrogens (tertiary/aromatic N) is 1. The SMILES string of the molecule is O=C(OCCO)c1ccc2nc(CCP(=O)(O)c3ccccc3)[nH]c2c1. The summed E-state index contributed by atoms with van der Waals surface area (Å²) in [6.45, 7) is -0.290. The van der Waals surface area contributed by atoms with Crippen molar-refractivity contribution in [2.75, 3.05) is 19.4 Å². The van der Waals surface area contributed by atoms with E-state index in [1.165, 1.54) is 0 Å². The summed E-state index contributed by atoms with van der Waals surface area (Å²) in [5.41, 5.74) is 1.65. The summed E-state index contributed by atoms with van der Waals surface area (Å²) < 4.78 is 17.4. The Balaban J connectivity index is 1.73. The molecule has 0 aliphatic heterocycles. The lowest BCUT2D eigenvalue weighted by atomic mass is 10.2. The first-order chi connectivity index (χ1) is 12.5. The molecule has 8 heteroatoms. The van der Waals surface area contributed by atoms with Gasteiger partial charge in [-0.15, -0.1) is 0 Å². The van der Waals surface area contributed by atoms with Crippen LogP contribution in [0.2, 0.25) is 0 Å². The number of hydrogen-bond acceptors (Lipinski definition) is 5. The zero-order chi connectivity index (χ0) is 18.6. The summed E-state index contributed by atoms with van der Waals surface area (Å²) in [4.78, 5) is 29.5. The molecule has 0 aliphatic carbocycles. The number of aromatic nitrogens is 2. The van der Waals surface area contributed by atoms with Gasteiger partial charge in [-0.3, -0.25) is 4.57 Å². The van der Waals surface area contributed by atoms with Crippen molar-refractivity contribution in [3.05, 3.63) is 59.9 Å². The van der Waals surface area contributed by atoms with Gasteiger partial charge < -0.3 is 19.7 Å². The van der Waals surface area contributed by atoms with E-state index in [1.54, 1.807) is 48.5 Å². The molecule has 0 aliphatic rings. The summed E-state index contributed by atoms with van der Waals surface area (Å²) in [5, 5.41) is 9.13.